The minimum atomic E-state index is -1.48. The number of hydrogen-bond donors (Lipinski definition) is 4. The standard InChI is InChI=1S/C53H75N3O13/c1-4-28-66-53-47(56(24-30-64-31-27-59)48(60)23-18-36-13-5-6-14-36)35-44(55-69-49-17-9-12-29-65-49)41-32-37(15-7-10-25-57)40(16-8-11-26-58)50(51(41)53)42-33-39(20-22-45(42)68-53)67-52(61)54-43-21-19-38(62-2)34-46(43)63-3/h4,19-22,32-34,36-37,40,47,49-51,57-59H,1,5-18,23-31,35H2,2-3H3,(H,54,61)/t37-,40+,47-,49?,50+,51+,53+/m0/s1. The van der Waals surface area contributed by atoms with Gasteiger partial charge >= 0.3 is 6.09 Å². The van der Waals surface area contributed by atoms with Crippen LogP contribution >= 0.6 is 0 Å². The van der Waals surface area contributed by atoms with E-state index >= 15 is 4.79 Å². The molecule has 3 fully saturated rings. The van der Waals surface area contributed by atoms with Gasteiger partial charge in [-0.2, -0.15) is 0 Å². The third-order valence-corrected chi connectivity index (χ3v) is 14.6. The lowest BCUT2D eigenvalue weighted by molar-refractivity contribution is -0.258. The van der Waals surface area contributed by atoms with Crippen LogP contribution in [0.4, 0.5) is 10.5 Å². The zero-order valence-corrected chi connectivity index (χ0v) is 40.7. The molecule has 2 heterocycles. The maximum atomic E-state index is 15.0. The number of ether oxygens (including phenoxy) is 7. The van der Waals surface area contributed by atoms with Gasteiger partial charge in [0.25, 0.3) is 0 Å². The van der Waals surface area contributed by atoms with Crippen LogP contribution in [0.5, 0.6) is 23.0 Å². The van der Waals surface area contributed by atoms with E-state index in [9.17, 15) is 20.1 Å². The lowest BCUT2D eigenvalue weighted by atomic mass is 9.55. The lowest BCUT2D eigenvalue weighted by Gasteiger charge is -2.60. The number of anilines is 1. The molecule has 0 spiro atoms. The number of carbonyl (C=O) groups is 2. The van der Waals surface area contributed by atoms with E-state index in [0.717, 1.165) is 68.9 Å². The molecule has 16 nitrogen and oxygen atoms in total. The minimum Gasteiger partial charge on any atom is -0.497 e. The molecule has 1 unspecified atom stereocenters. The number of aliphatic hydroxyl groups is 3. The number of fused-ring (bicyclic) bond motifs is 2. The van der Waals surface area contributed by atoms with E-state index in [1.165, 1.54) is 20.0 Å². The van der Waals surface area contributed by atoms with Gasteiger partial charge in [0.05, 0.1) is 64.6 Å². The lowest BCUT2D eigenvalue weighted by Crippen LogP contribution is -2.70. The van der Waals surface area contributed by atoms with E-state index in [1.807, 2.05) is 17.0 Å². The Balaban J connectivity index is 1.38. The van der Waals surface area contributed by atoms with Crippen molar-refractivity contribution in [2.45, 2.75) is 127 Å². The van der Waals surface area contributed by atoms with Crippen LogP contribution in [0.15, 0.2) is 65.9 Å². The molecule has 0 aromatic heterocycles. The molecule has 5 aliphatic rings. The van der Waals surface area contributed by atoms with Crippen molar-refractivity contribution in [1.82, 2.24) is 4.90 Å². The quantitative estimate of drug-likeness (QED) is 0.0400. The van der Waals surface area contributed by atoms with E-state index in [-0.39, 0.29) is 82.0 Å². The Kier molecular flexibility index (Phi) is 19.6. The van der Waals surface area contributed by atoms with E-state index in [2.05, 4.69) is 18.0 Å². The highest BCUT2D eigenvalue weighted by Crippen LogP contribution is 2.62. The van der Waals surface area contributed by atoms with Crippen molar-refractivity contribution in [3.05, 3.63) is 66.3 Å². The summed E-state index contributed by atoms with van der Waals surface area (Å²) in [6, 6.07) is 9.70. The average molecular weight is 962 g/mol. The largest absolute Gasteiger partial charge is 0.497 e. The summed E-state index contributed by atoms with van der Waals surface area (Å²) in [5.41, 5.74) is 2.76. The first-order chi connectivity index (χ1) is 33.8. The zero-order chi connectivity index (χ0) is 48.6. The average Bonchev–Trinajstić information content (AvgIpc) is 3.90. The Hall–Kier alpha value is -4.71. The number of carbonyl (C=O) groups excluding carboxylic acids is 2. The number of allylic oxidation sites excluding steroid dienone is 1. The summed E-state index contributed by atoms with van der Waals surface area (Å²) in [7, 11) is 3.06. The monoisotopic (exact) mass is 962 g/mol. The van der Waals surface area contributed by atoms with Crippen LogP contribution in [0.3, 0.4) is 0 Å². The van der Waals surface area contributed by atoms with Gasteiger partial charge in [0.1, 0.15) is 29.0 Å². The maximum Gasteiger partial charge on any atom is 0.417 e. The van der Waals surface area contributed by atoms with Crippen molar-refractivity contribution in [1.29, 1.82) is 0 Å². The van der Waals surface area contributed by atoms with Crippen molar-refractivity contribution in [3.8, 4) is 23.0 Å². The Morgan fingerprint density at radius 3 is 2.42 bits per heavy atom. The summed E-state index contributed by atoms with van der Waals surface area (Å²) in [6.07, 6.45) is 15.5. The van der Waals surface area contributed by atoms with E-state index in [4.69, 9.17) is 43.2 Å². The van der Waals surface area contributed by atoms with Gasteiger partial charge < -0.3 is 58.2 Å². The van der Waals surface area contributed by atoms with Gasteiger partial charge in [-0.25, -0.2) is 4.79 Å². The minimum absolute atomic E-state index is 0.00586. The molecule has 1 saturated heterocycles. The first-order valence-electron chi connectivity index (χ1n) is 25.3. The summed E-state index contributed by atoms with van der Waals surface area (Å²) in [5, 5.41) is 37.5. The predicted octanol–water partition coefficient (Wildman–Crippen LogP) is 8.28. The van der Waals surface area contributed by atoms with Gasteiger partial charge in [0.2, 0.25) is 18.0 Å². The number of nitrogens with zero attached hydrogens (tertiary/aromatic N) is 2. The van der Waals surface area contributed by atoms with Gasteiger partial charge in [-0.05, 0) is 98.6 Å². The van der Waals surface area contributed by atoms with Gasteiger partial charge in [-0.3, -0.25) is 10.1 Å². The fourth-order valence-corrected chi connectivity index (χ4v) is 11.3. The number of unbranched alkanes of at least 4 members (excludes halogenated alkanes) is 2. The molecule has 4 N–H and O–H groups in total. The molecule has 7 rings (SSSR count). The Morgan fingerprint density at radius 1 is 0.913 bits per heavy atom. The predicted molar refractivity (Wildman–Crippen MR) is 260 cm³/mol. The highest BCUT2D eigenvalue weighted by Gasteiger charge is 2.65. The van der Waals surface area contributed by atoms with Gasteiger partial charge in [0, 0.05) is 56.6 Å². The number of benzene rings is 2. The molecule has 69 heavy (non-hydrogen) atoms. The number of rotatable bonds is 26. The van der Waals surface area contributed by atoms with E-state index in [1.54, 1.807) is 37.5 Å². The molecule has 380 valence electrons. The fraction of sp³-hybridized carbons (Fsp3) is 0.642. The number of nitrogens with one attached hydrogen (secondary N) is 1. The number of hydrogen-bond acceptors (Lipinski definition) is 14. The molecule has 0 radical (unpaired) electrons. The Labute approximate surface area is 407 Å². The Morgan fingerprint density at radius 2 is 1.70 bits per heavy atom. The van der Waals surface area contributed by atoms with Crippen molar-refractivity contribution in [2.75, 3.05) is 72.3 Å². The summed E-state index contributed by atoms with van der Waals surface area (Å²) >= 11 is 0. The second-order valence-electron chi connectivity index (χ2n) is 18.9. The molecule has 2 aromatic rings. The van der Waals surface area contributed by atoms with Crippen molar-refractivity contribution >= 4 is 23.4 Å². The normalized spacial score (nSPS) is 25.7. The summed E-state index contributed by atoms with van der Waals surface area (Å²) in [5.74, 6) is -0.231. The molecular weight excluding hydrogens is 887 g/mol. The first-order valence-corrected chi connectivity index (χ1v) is 25.3. The smallest absolute Gasteiger partial charge is 0.417 e. The van der Waals surface area contributed by atoms with Gasteiger partial charge in [0.15, 0.2) is 0 Å². The zero-order valence-electron chi connectivity index (χ0n) is 40.7. The van der Waals surface area contributed by atoms with Crippen LogP contribution < -0.4 is 24.3 Å². The number of methoxy groups -OCH3 is 2. The fourth-order valence-electron chi connectivity index (χ4n) is 11.3. The summed E-state index contributed by atoms with van der Waals surface area (Å²) < 4.78 is 43.4. The highest BCUT2D eigenvalue weighted by molar-refractivity contribution is 6.03. The molecule has 7 atom stereocenters. The number of amides is 2. The second-order valence-corrected chi connectivity index (χ2v) is 18.9. The number of aliphatic hydroxyl groups excluding tert-OH is 3. The molecule has 2 amide bonds. The highest BCUT2D eigenvalue weighted by atomic mass is 16.8. The van der Waals surface area contributed by atoms with Crippen LogP contribution in [0.2, 0.25) is 0 Å². The van der Waals surface area contributed by atoms with Crippen LogP contribution in [-0.4, -0.2) is 123 Å². The molecule has 3 aliphatic carbocycles. The molecule has 0 bridgehead atoms. The molecule has 2 aromatic carbocycles. The van der Waals surface area contributed by atoms with Crippen LogP contribution in [0.25, 0.3) is 0 Å². The Bertz CT molecular complexity index is 2050. The second kappa shape index (κ2) is 25.9. The van der Waals surface area contributed by atoms with E-state index < -0.39 is 30.1 Å². The SMILES string of the molecule is C=CCO[C@@]12Oc3ccc(OC(=O)Nc4ccc(OC)cc4OC)cc3[C@H]3[C@H](CCCCO)[C@@H](CCCCO)C=C(C(=NOC4CCCCO4)C[C@@H]1N(CCOCCO)C(=O)CCC1CCCC1)[C@H]32. The summed E-state index contributed by atoms with van der Waals surface area (Å²) in [4.78, 5) is 36.9. The van der Waals surface area contributed by atoms with Crippen LogP contribution in [0.1, 0.15) is 114 Å². The van der Waals surface area contributed by atoms with Gasteiger partial charge in [-0.1, -0.05) is 55.8 Å². The first kappa shape index (κ1) is 52.1. The third kappa shape index (κ3) is 12.8. The van der Waals surface area contributed by atoms with Crippen LogP contribution in [0, 0.1) is 23.7 Å². The third-order valence-electron chi connectivity index (χ3n) is 14.6. The van der Waals surface area contributed by atoms with Crippen molar-refractivity contribution < 1.29 is 62.9 Å². The van der Waals surface area contributed by atoms with E-state index in [0.29, 0.717) is 66.9 Å². The maximum absolute atomic E-state index is 15.0. The van der Waals surface area contributed by atoms with Crippen LogP contribution in [-0.2, 0) is 23.8 Å². The number of oxime groups is 1. The molecule has 2 saturated carbocycles. The van der Waals surface area contributed by atoms with Gasteiger partial charge in [-0.15, -0.1) is 6.58 Å². The molecular formula is C53H75N3O13. The summed E-state index contributed by atoms with van der Waals surface area (Å²) in [6.45, 7) is 5.22. The molecule has 16 heteroatoms. The topological polar surface area (TPSA) is 196 Å². The molecule has 2 aliphatic heterocycles. The van der Waals surface area contributed by atoms with Crippen molar-refractivity contribution in [3.63, 3.8) is 0 Å². The van der Waals surface area contributed by atoms with Crippen molar-refractivity contribution in [2.24, 2.45) is 28.8 Å².